The van der Waals surface area contributed by atoms with Gasteiger partial charge < -0.3 is 19.1 Å². The Morgan fingerprint density at radius 1 is 0.862 bits per heavy atom. The Kier molecular flexibility index (Phi) is 3.87. The van der Waals surface area contributed by atoms with Gasteiger partial charge in [-0.25, -0.2) is 0 Å². The maximum Gasteiger partial charge on any atom is 0.196 e. The zero-order chi connectivity index (χ0) is 19.4. The van der Waals surface area contributed by atoms with Gasteiger partial charge in [-0.2, -0.15) is 0 Å². The number of carbonyl (C=O) groups excluding carboxylic acids is 1. The van der Waals surface area contributed by atoms with E-state index in [0.29, 0.717) is 18.8 Å². The van der Waals surface area contributed by atoms with Gasteiger partial charge >= 0.3 is 0 Å². The molecule has 0 saturated carbocycles. The number of ketones is 1. The van der Waals surface area contributed by atoms with E-state index in [4.69, 9.17) is 9.26 Å². The van der Waals surface area contributed by atoms with Crippen molar-refractivity contribution in [3.63, 3.8) is 0 Å². The third-order valence-electron chi connectivity index (χ3n) is 6.41. The smallest absolute Gasteiger partial charge is 0.196 e. The van der Waals surface area contributed by atoms with Crippen LogP contribution in [-0.2, 0) is 4.74 Å². The first-order chi connectivity index (χ1) is 14.3. The summed E-state index contributed by atoms with van der Waals surface area (Å²) in [5, 5.41) is 5.33. The average molecular weight is 389 g/mol. The largest absolute Gasteiger partial charge is 0.378 e. The number of anilines is 2. The number of piperidine rings is 1. The lowest BCUT2D eigenvalue weighted by Crippen LogP contribution is -2.37. The highest BCUT2D eigenvalue weighted by molar-refractivity contribution is 6.28. The van der Waals surface area contributed by atoms with Crippen molar-refractivity contribution >= 4 is 28.1 Å². The van der Waals surface area contributed by atoms with Crippen LogP contribution in [0, 0.1) is 0 Å². The Bertz CT molecular complexity index is 1110. The van der Waals surface area contributed by atoms with Gasteiger partial charge in [0.15, 0.2) is 11.5 Å². The van der Waals surface area contributed by atoms with E-state index in [1.807, 2.05) is 24.3 Å². The van der Waals surface area contributed by atoms with Crippen LogP contribution in [0.2, 0.25) is 0 Å². The highest BCUT2D eigenvalue weighted by atomic mass is 16.5. The maximum atomic E-state index is 13.6. The van der Waals surface area contributed by atoms with E-state index in [-0.39, 0.29) is 5.78 Å². The highest BCUT2D eigenvalue weighted by Crippen LogP contribution is 2.47. The quantitative estimate of drug-likeness (QED) is 0.519. The summed E-state index contributed by atoms with van der Waals surface area (Å²) in [6.45, 7) is 5.01. The monoisotopic (exact) mass is 389 g/mol. The molecule has 1 aliphatic carbocycles. The standard InChI is InChI=1S/C23H23N3O3/c27-22-15-6-2-3-7-16(15)23-20-19(22)17(25-8-4-1-5-9-25)14-18(21(20)24-29-23)26-10-12-28-13-11-26/h2-3,6-7,14H,1,4-5,8-13H2. The molecule has 6 heteroatoms. The van der Waals surface area contributed by atoms with Crippen LogP contribution in [0.4, 0.5) is 11.4 Å². The summed E-state index contributed by atoms with van der Waals surface area (Å²) in [4.78, 5) is 18.3. The van der Waals surface area contributed by atoms with Crippen LogP contribution >= 0.6 is 0 Å². The molecule has 0 bridgehead atoms. The summed E-state index contributed by atoms with van der Waals surface area (Å²) in [6, 6.07) is 9.89. The van der Waals surface area contributed by atoms with Crippen LogP contribution in [-0.4, -0.2) is 50.3 Å². The number of morpholine rings is 1. The SMILES string of the molecule is O=C1c2ccccc2-c2onc3c(N4CCOCC4)cc(N4CCCCC4)c1c23. The van der Waals surface area contributed by atoms with Crippen LogP contribution in [0.1, 0.15) is 35.2 Å². The summed E-state index contributed by atoms with van der Waals surface area (Å²) in [7, 11) is 0. The fourth-order valence-electron chi connectivity index (χ4n) is 4.95. The topological polar surface area (TPSA) is 58.8 Å². The normalized spacial score (nSPS) is 19.0. The van der Waals surface area contributed by atoms with Gasteiger partial charge in [-0.15, -0.1) is 0 Å². The fraction of sp³-hybridized carbons (Fsp3) is 0.391. The molecule has 148 valence electrons. The minimum Gasteiger partial charge on any atom is -0.378 e. The van der Waals surface area contributed by atoms with Gasteiger partial charge in [0.05, 0.1) is 35.5 Å². The van der Waals surface area contributed by atoms with Gasteiger partial charge in [0.1, 0.15) is 5.52 Å². The van der Waals surface area contributed by atoms with E-state index in [2.05, 4.69) is 21.0 Å². The minimum atomic E-state index is 0.0791. The van der Waals surface area contributed by atoms with Gasteiger partial charge in [-0.3, -0.25) is 4.79 Å². The van der Waals surface area contributed by atoms with E-state index < -0.39 is 0 Å². The lowest BCUT2D eigenvalue weighted by atomic mass is 9.86. The van der Waals surface area contributed by atoms with Crippen LogP contribution in [0.25, 0.3) is 22.2 Å². The molecule has 3 aliphatic rings. The van der Waals surface area contributed by atoms with Crippen LogP contribution < -0.4 is 9.80 Å². The second-order valence-corrected chi connectivity index (χ2v) is 8.05. The molecule has 2 saturated heterocycles. The number of hydrogen-bond acceptors (Lipinski definition) is 6. The first-order valence-corrected chi connectivity index (χ1v) is 10.5. The predicted molar refractivity (Wildman–Crippen MR) is 112 cm³/mol. The first-order valence-electron chi connectivity index (χ1n) is 10.5. The number of ether oxygens (including phenoxy) is 1. The van der Waals surface area contributed by atoms with E-state index in [0.717, 1.165) is 78.2 Å². The average Bonchev–Trinajstić information content (AvgIpc) is 3.24. The lowest BCUT2D eigenvalue weighted by Gasteiger charge is -2.34. The van der Waals surface area contributed by atoms with Crippen molar-refractivity contribution in [1.82, 2.24) is 5.16 Å². The Morgan fingerprint density at radius 3 is 2.38 bits per heavy atom. The Labute approximate surface area is 169 Å². The van der Waals surface area contributed by atoms with E-state index in [1.165, 1.54) is 6.42 Å². The molecule has 29 heavy (non-hydrogen) atoms. The molecule has 2 aromatic carbocycles. The molecule has 3 heterocycles. The molecule has 2 fully saturated rings. The van der Waals surface area contributed by atoms with Crippen molar-refractivity contribution in [3.05, 3.63) is 41.5 Å². The van der Waals surface area contributed by atoms with Gasteiger partial charge in [-0.05, 0) is 25.3 Å². The van der Waals surface area contributed by atoms with Crippen LogP contribution in [0.5, 0.6) is 0 Å². The number of aromatic nitrogens is 1. The van der Waals surface area contributed by atoms with E-state index in [1.54, 1.807) is 0 Å². The zero-order valence-electron chi connectivity index (χ0n) is 16.3. The molecule has 0 amide bonds. The molecule has 1 aromatic heterocycles. The molecule has 0 spiro atoms. The van der Waals surface area contributed by atoms with Gasteiger partial charge in [0.25, 0.3) is 0 Å². The number of carbonyl (C=O) groups is 1. The van der Waals surface area contributed by atoms with Crippen molar-refractivity contribution in [3.8, 4) is 11.3 Å². The van der Waals surface area contributed by atoms with Crippen molar-refractivity contribution in [1.29, 1.82) is 0 Å². The molecule has 6 nitrogen and oxygen atoms in total. The summed E-state index contributed by atoms with van der Waals surface area (Å²) >= 11 is 0. The second-order valence-electron chi connectivity index (χ2n) is 8.05. The zero-order valence-corrected chi connectivity index (χ0v) is 16.3. The number of benzene rings is 2. The first kappa shape index (κ1) is 17.0. The van der Waals surface area contributed by atoms with E-state index in [9.17, 15) is 4.79 Å². The summed E-state index contributed by atoms with van der Waals surface area (Å²) < 4.78 is 11.4. The van der Waals surface area contributed by atoms with Crippen molar-refractivity contribution in [2.24, 2.45) is 0 Å². The van der Waals surface area contributed by atoms with Crippen molar-refractivity contribution in [2.45, 2.75) is 19.3 Å². The summed E-state index contributed by atoms with van der Waals surface area (Å²) in [5.74, 6) is 0.800. The van der Waals surface area contributed by atoms with Crippen LogP contribution in [0.3, 0.4) is 0 Å². The minimum absolute atomic E-state index is 0.0791. The number of nitrogens with zero attached hydrogens (tertiary/aromatic N) is 3. The number of rotatable bonds is 2. The molecule has 0 radical (unpaired) electrons. The summed E-state index contributed by atoms with van der Waals surface area (Å²) in [5.41, 5.74) is 5.18. The Hall–Kier alpha value is -2.86. The molecular weight excluding hydrogens is 366 g/mol. The Balaban J connectivity index is 1.64. The number of hydrogen-bond donors (Lipinski definition) is 0. The maximum absolute atomic E-state index is 13.6. The number of fused-ring (bicyclic) bond motifs is 2. The Morgan fingerprint density at radius 2 is 1.59 bits per heavy atom. The van der Waals surface area contributed by atoms with Gasteiger partial charge in [0.2, 0.25) is 0 Å². The lowest BCUT2D eigenvalue weighted by molar-refractivity contribution is 0.104. The van der Waals surface area contributed by atoms with Crippen molar-refractivity contribution < 1.29 is 14.1 Å². The molecule has 3 aromatic rings. The predicted octanol–water partition coefficient (Wildman–Crippen LogP) is 3.87. The van der Waals surface area contributed by atoms with Gasteiger partial charge in [-0.1, -0.05) is 29.4 Å². The molecule has 0 unspecified atom stereocenters. The molecule has 0 atom stereocenters. The van der Waals surface area contributed by atoms with E-state index >= 15 is 0 Å². The third kappa shape index (κ3) is 2.52. The molecule has 2 aliphatic heterocycles. The van der Waals surface area contributed by atoms with Crippen LogP contribution in [0.15, 0.2) is 34.9 Å². The van der Waals surface area contributed by atoms with Crippen molar-refractivity contribution in [2.75, 3.05) is 49.2 Å². The third-order valence-corrected chi connectivity index (χ3v) is 6.41. The van der Waals surface area contributed by atoms with Gasteiger partial charge in [0, 0.05) is 37.3 Å². The molecule has 0 N–H and O–H groups in total. The highest BCUT2D eigenvalue weighted by Gasteiger charge is 2.35. The fourth-order valence-corrected chi connectivity index (χ4v) is 4.95. The molecule has 6 rings (SSSR count). The second kappa shape index (κ2) is 6.59. The molecular formula is C23H23N3O3. The summed E-state index contributed by atoms with van der Waals surface area (Å²) in [6.07, 6.45) is 3.57.